The largest absolute Gasteiger partial charge is 0.468 e. The molecule has 4 heteroatoms. The number of ether oxygens (including phenoxy) is 1. The van der Waals surface area contributed by atoms with E-state index < -0.39 is 0 Å². The van der Waals surface area contributed by atoms with Gasteiger partial charge in [0.1, 0.15) is 6.04 Å². The van der Waals surface area contributed by atoms with Crippen molar-refractivity contribution in [2.45, 2.75) is 38.8 Å². The maximum absolute atomic E-state index is 11.8. The molecule has 0 radical (unpaired) electrons. The standard InChI is InChI=1S/C15H20BrNO2/c1-9(2)14(15(18)19-3)17-13-8-7-10-11(13)5-4-6-12(10)16/h4-6,9,13-14,17H,7-8H2,1-3H3/t13?,14-/m0/s1. The Morgan fingerprint density at radius 2 is 2.21 bits per heavy atom. The lowest BCUT2D eigenvalue weighted by molar-refractivity contribution is -0.144. The van der Waals surface area contributed by atoms with Crippen LogP contribution in [-0.2, 0) is 16.0 Å². The number of carbonyl (C=O) groups is 1. The van der Waals surface area contributed by atoms with E-state index in [2.05, 4.69) is 33.4 Å². The van der Waals surface area contributed by atoms with Gasteiger partial charge in [-0.3, -0.25) is 10.1 Å². The van der Waals surface area contributed by atoms with Crippen LogP contribution in [0.25, 0.3) is 0 Å². The number of benzene rings is 1. The summed E-state index contributed by atoms with van der Waals surface area (Å²) in [6, 6.07) is 6.24. The summed E-state index contributed by atoms with van der Waals surface area (Å²) in [6.07, 6.45) is 2.07. The van der Waals surface area contributed by atoms with Gasteiger partial charge in [-0.25, -0.2) is 0 Å². The summed E-state index contributed by atoms with van der Waals surface area (Å²) >= 11 is 3.59. The molecule has 2 atom stereocenters. The van der Waals surface area contributed by atoms with Crippen molar-refractivity contribution >= 4 is 21.9 Å². The minimum atomic E-state index is -0.250. The third-order valence-electron chi connectivity index (χ3n) is 3.72. The van der Waals surface area contributed by atoms with E-state index in [0.29, 0.717) is 0 Å². The molecule has 0 saturated heterocycles. The lowest BCUT2D eigenvalue weighted by Crippen LogP contribution is -2.43. The maximum Gasteiger partial charge on any atom is 0.323 e. The van der Waals surface area contributed by atoms with Gasteiger partial charge in [-0.2, -0.15) is 0 Å². The maximum atomic E-state index is 11.8. The van der Waals surface area contributed by atoms with Crippen LogP contribution in [0.5, 0.6) is 0 Å². The van der Waals surface area contributed by atoms with Gasteiger partial charge < -0.3 is 4.74 Å². The number of halogens is 1. The first-order valence-corrected chi connectivity index (χ1v) is 7.45. The van der Waals surface area contributed by atoms with E-state index in [4.69, 9.17) is 4.74 Å². The Morgan fingerprint density at radius 3 is 2.84 bits per heavy atom. The Hall–Kier alpha value is -0.870. The fraction of sp³-hybridized carbons (Fsp3) is 0.533. The molecule has 19 heavy (non-hydrogen) atoms. The molecular formula is C15H20BrNO2. The van der Waals surface area contributed by atoms with Crippen molar-refractivity contribution in [3.63, 3.8) is 0 Å². The smallest absolute Gasteiger partial charge is 0.323 e. The van der Waals surface area contributed by atoms with Crippen LogP contribution in [0.4, 0.5) is 0 Å². The Bertz CT molecular complexity index is 473. The molecule has 0 amide bonds. The molecule has 104 valence electrons. The van der Waals surface area contributed by atoms with Crippen LogP contribution in [-0.4, -0.2) is 19.1 Å². The Balaban J connectivity index is 2.18. The van der Waals surface area contributed by atoms with Crippen molar-refractivity contribution in [3.8, 4) is 0 Å². The summed E-state index contributed by atoms with van der Waals surface area (Å²) in [5.74, 6) is 0.0297. The minimum absolute atomic E-state index is 0.182. The lowest BCUT2D eigenvalue weighted by Gasteiger charge is -2.24. The number of carbonyl (C=O) groups excluding carboxylic acids is 1. The van der Waals surface area contributed by atoms with Gasteiger partial charge in [0, 0.05) is 10.5 Å². The third kappa shape index (κ3) is 3.00. The average Bonchev–Trinajstić information content (AvgIpc) is 2.79. The summed E-state index contributed by atoms with van der Waals surface area (Å²) in [5.41, 5.74) is 2.65. The summed E-state index contributed by atoms with van der Waals surface area (Å²) in [4.78, 5) is 11.8. The van der Waals surface area contributed by atoms with Gasteiger partial charge >= 0.3 is 5.97 Å². The quantitative estimate of drug-likeness (QED) is 0.864. The van der Waals surface area contributed by atoms with Crippen LogP contribution in [0.1, 0.15) is 37.4 Å². The third-order valence-corrected chi connectivity index (χ3v) is 4.46. The number of nitrogens with one attached hydrogen (secondary N) is 1. The lowest BCUT2D eigenvalue weighted by atomic mass is 10.0. The zero-order chi connectivity index (χ0) is 14.0. The first kappa shape index (κ1) is 14.5. The molecule has 2 rings (SSSR count). The van der Waals surface area contributed by atoms with E-state index in [-0.39, 0.29) is 24.0 Å². The number of hydrogen-bond acceptors (Lipinski definition) is 3. The van der Waals surface area contributed by atoms with E-state index in [1.807, 2.05) is 19.9 Å². The molecular weight excluding hydrogens is 306 g/mol. The molecule has 0 aliphatic heterocycles. The first-order chi connectivity index (χ1) is 9.04. The molecule has 0 bridgehead atoms. The molecule has 0 heterocycles. The molecule has 0 fully saturated rings. The molecule has 1 aliphatic rings. The van der Waals surface area contributed by atoms with Crippen molar-refractivity contribution in [2.75, 3.05) is 7.11 Å². The average molecular weight is 326 g/mol. The highest BCUT2D eigenvalue weighted by Gasteiger charge is 2.30. The van der Waals surface area contributed by atoms with Crippen LogP contribution in [0, 0.1) is 5.92 Å². The van der Waals surface area contributed by atoms with Gasteiger partial charge in [0.25, 0.3) is 0 Å². The van der Waals surface area contributed by atoms with Crippen LogP contribution in [0.3, 0.4) is 0 Å². The number of hydrogen-bond donors (Lipinski definition) is 1. The molecule has 1 aromatic rings. The van der Waals surface area contributed by atoms with Crippen molar-refractivity contribution < 1.29 is 9.53 Å². The van der Waals surface area contributed by atoms with Crippen molar-refractivity contribution in [1.29, 1.82) is 0 Å². The monoisotopic (exact) mass is 325 g/mol. The van der Waals surface area contributed by atoms with Crippen LogP contribution >= 0.6 is 15.9 Å². The van der Waals surface area contributed by atoms with Gasteiger partial charge in [0.15, 0.2) is 0 Å². The second kappa shape index (κ2) is 6.06. The number of methoxy groups -OCH3 is 1. The first-order valence-electron chi connectivity index (χ1n) is 6.65. The summed E-state index contributed by atoms with van der Waals surface area (Å²) in [5, 5.41) is 3.45. The summed E-state index contributed by atoms with van der Waals surface area (Å²) < 4.78 is 6.05. The second-order valence-electron chi connectivity index (χ2n) is 5.31. The zero-order valence-corrected chi connectivity index (χ0v) is 13.2. The summed E-state index contributed by atoms with van der Waals surface area (Å²) in [7, 11) is 1.44. The van der Waals surface area contributed by atoms with Gasteiger partial charge in [0.2, 0.25) is 0 Å². The number of fused-ring (bicyclic) bond motifs is 1. The fourth-order valence-corrected chi connectivity index (χ4v) is 3.24. The molecule has 1 N–H and O–H groups in total. The highest BCUT2D eigenvalue weighted by molar-refractivity contribution is 9.10. The van der Waals surface area contributed by atoms with Crippen LogP contribution < -0.4 is 5.32 Å². The topological polar surface area (TPSA) is 38.3 Å². The highest BCUT2D eigenvalue weighted by atomic mass is 79.9. The van der Waals surface area contributed by atoms with E-state index in [0.717, 1.165) is 17.3 Å². The SMILES string of the molecule is COC(=O)[C@@H](NC1CCc2c(Br)cccc21)C(C)C. The van der Waals surface area contributed by atoms with Crippen molar-refractivity contribution in [2.24, 2.45) is 5.92 Å². The van der Waals surface area contributed by atoms with Gasteiger partial charge in [-0.15, -0.1) is 0 Å². The second-order valence-corrected chi connectivity index (χ2v) is 6.16. The van der Waals surface area contributed by atoms with E-state index >= 15 is 0 Å². The van der Waals surface area contributed by atoms with Gasteiger partial charge in [-0.1, -0.05) is 41.9 Å². The number of rotatable bonds is 4. The summed E-state index contributed by atoms with van der Waals surface area (Å²) in [6.45, 7) is 4.07. The molecule has 1 aromatic carbocycles. The number of esters is 1. The molecule has 3 nitrogen and oxygen atoms in total. The van der Waals surface area contributed by atoms with E-state index in [9.17, 15) is 4.79 Å². The highest BCUT2D eigenvalue weighted by Crippen LogP contribution is 2.36. The molecule has 1 unspecified atom stereocenters. The minimum Gasteiger partial charge on any atom is -0.468 e. The van der Waals surface area contributed by atoms with Crippen molar-refractivity contribution in [1.82, 2.24) is 5.32 Å². The normalized spacial score (nSPS) is 19.3. The molecule has 0 aromatic heterocycles. The van der Waals surface area contributed by atoms with E-state index in [1.165, 1.54) is 18.2 Å². The van der Waals surface area contributed by atoms with Gasteiger partial charge in [-0.05, 0) is 36.0 Å². The van der Waals surface area contributed by atoms with Crippen LogP contribution in [0.15, 0.2) is 22.7 Å². The van der Waals surface area contributed by atoms with Crippen molar-refractivity contribution in [3.05, 3.63) is 33.8 Å². The molecule has 0 saturated carbocycles. The molecule has 1 aliphatic carbocycles. The Labute approximate surface area is 122 Å². The zero-order valence-electron chi connectivity index (χ0n) is 11.6. The fourth-order valence-electron chi connectivity index (χ4n) is 2.66. The Morgan fingerprint density at radius 1 is 1.47 bits per heavy atom. The Kier molecular flexibility index (Phi) is 4.63. The predicted molar refractivity (Wildman–Crippen MR) is 79.0 cm³/mol. The molecule has 0 spiro atoms. The van der Waals surface area contributed by atoms with E-state index in [1.54, 1.807) is 0 Å². The predicted octanol–water partition coefficient (Wildman–Crippen LogP) is 3.22. The van der Waals surface area contributed by atoms with Crippen LogP contribution in [0.2, 0.25) is 0 Å². The van der Waals surface area contributed by atoms with Gasteiger partial charge in [0.05, 0.1) is 7.11 Å².